The van der Waals surface area contributed by atoms with Gasteiger partial charge in [-0.15, -0.1) is 11.3 Å². The summed E-state index contributed by atoms with van der Waals surface area (Å²) < 4.78 is 0. The summed E-state index contributed by atoms with van der Waals surface area (Å²) in [6, 6.07) is 0. The first kappa shape index (κ1) is 13.0. The molecule has 0 aromatic carbocycles. The van der Waals surface area contributed by atoms with Crippen molar-refractivity contribution < 1.29 is 0 Å². The molecule has 0 atom stereocenters. The van der Waals surface area contributed by atoms with Crippen LogP contribution in [0.5, 0.6) is 0 Å². The number of aromatic nitrogens is 1. The maximum atomic E-state index is 5.97. The first-order chi connectivity index (χ1) is 8.24. The maximum Gasteiger partial charge on any atom is 0.0897 e. The number of hydrogen-bond acceptors (Lipinski definition) is 4. The lowest BCUT2D eigenvalue weighted by Crippen LogP contribution is -2.41. The predicted molar refractivity (Wildman–Crippen MR) is 73.1 cm³/mol. The van der Waals surface area contributed by atoms with Gasteiger partial charge in [0.1, 0.15) is 0 Å². The van der Waals surface area contributed by atoms with Crippen molar-refractivity contribution in [2.45, 2.75) is 45.6 Å². The monoisotopic (exact) mass is 253 g/mol. The van der Waals surface area contributed by atoms with E-state index in [4.69, 9.17) is 5.73 Å². The predicted octanol–water partition coefficient (Wildman–Crippen LogP) is 2.45. The second-order valence-corrected chi connectivity index (χ2v) is 6.29. The van der Waals surface area contributed by atoms with Crippen LogP contribution in [0.2, 0.25) is 0 Å². The number of nitrogens with two attached hydrogens (primary N) is 1. The van der Waals surface area contributed by atoms with Crippen molar-refractivity contribution >= 4 is 11.3 Å². The quantitative estimate of drug-likeness (QED) is 0.847. The largest absolute Gasteiger partial charge is 0.330 e. The third-order valence-corrected chi connectivity index (χ3v) is 4.64. The molecule has 1 fully saturated rings. The molecule has 0 bridgehead atoms. The minimum atomic E-state index is 0.351. The van der Waals surface area contributed by atoms with E-state index in [1.807, 2.05) is 0 Å². The van der Waals surface area contributed by atoms with Crippen LogP contribution in [0.1, 0.15) is 42.8 Å². The Morgan fingerprint density at radius 1 is 1.41 bits per heavy atom. The smallest absolute Gasteiger partial charge is 0.0897 e. The van der Waals surface area contributed by atoms with Crippen LogP contribution in [0, 0.1) is 12.3 Å². The van der Waals surface area contributed by atoms with Crippen LogP contribution in [-0.2, 0) is 6.54 Å². The molecular weight excluding hydrogens is 230 g/mol. The number of thiazole rings is 1. The first-order valence-corrected chi connectivity index (χ1v) is 7.44. The van der Waals surface area contributed by atoms with E-state index in [2.05, 4.69) is 22.6 Å². The van der Waals surface area contributed by atoms with Gasteiger partial charge in [-0.25, -0.2) is 4.98 Å². The molecule has 3 N–H and O–H groups in total. The van der Waals surface area contributed by atoms with E-state index in [0.29, 0.717) is 5.41 Å². The van der Waals surface area contributed by atoms with Gasteiger partial charge in [0.25, 0.3) is 0 Å². The zero-order valence-electron chi connectivity index (χ0n) is 10.7. The lowest BCUT2D eigenvalue weighted by Gasteiger charge is -2.36. The molecule has 2 rings (SSSR count). The van der Waals surface area contributed by atoms with E-state index in [9.17, 15) is 0 Å². The van der Waals surface area contributed by atoms with Gasteiger partial charge in [-0.1, -0.05) is 19.3 Å². The van der Waals surface area contributed by atoms with Crippen LogP contribution in [0.3, 0.4) is 0 Å². The molecule has 4 heteroatoms. The molecule has 1 heterocycles. The molecule has 0 aliphatic heterocycles. The molecule has 0 spiro atoms. The van der Waals surface area contributed by atoms with Crippen molar-refractivity contribution in [3.05, 3.63) is 16.1 Å². The average molecular weight is 253 g/mol. The highest BCUT2D eigenvalue weighted by atomic mass is 32.1. The lowest BCUT2D eigenvalue weighted by molar-refractivity contribution is 0.191. The van der Waals surface area contributed by atoms with E-state index >= 15 is 0 Å². The van der Waals surface area contributed by atoms with Gasteiger partial charge in [0.05, 0.1) is 10.7 Å². The molecule has 0 unspecified atom stereocenters. The van der Waals surface area contributed by atoms with Gasteiger partial charge in [-0.2, -0.15) is 0 Å². The molecule has 0 amide bonds. The van der Waals surface area contributed by atoms with Crippen LogP contribution >= 0.6 is 11.3 Å². The summed E-state index contributed by atoms with van der Waals surface area (Å²) in [6.45, 7) is 4.79. The number of rotatable bonds is 5. The minimum Gasteiger partial charge on any atom is -0.330 e. The summed E-state index contributed by atoms with van der Waals surface area (Å²) in [7, 11) is 0. The Labute approximate surface area is 108 Å². The summed E-state index contributed by atoms with van der Waals surface area (Å²) >= 11 is 1.72. The molecule has 3 nitrogen and oxygen atoms in total. The molecule has 96 valence electrons. The zero-order chi connectivity index (χ0) is 12.1. The highest BCUT2D eigenvalue weighted by Crippen LogP contribution is 2.34. The molecule has 0 saturated heterocycles. The normalized spacial score (nSPS) is 19.4. The van der Waals surface area contributed by atoms with E-state index < -0.39 is 0 Å². The zero-order valence-corrected chi connectivity index (χ0v) is 11.5. The standard InChI is InChI=1S/C13H23N3S/c1-11-16-12(8-17-11)7-15-10-13(9-14)5-3-2-4-6-13/h8,15H,2-7,9-10,14H2,1H3. The summed E-state index contributed by atoms with van der Waals surface area (Å²) in [5.74, 6) is 0. The van der Waals surface area contributed by atoms with Crippen LogP contribution < -0.4 is 11.1 Å². The third-order valence-electron chi connectivity index (χ3n) is 3.82. The number of aryl methyl sites for hydroxylation is 1. The highest BCUT2D eigenvalue weighted by molar-refractivity contribution is 7.09. The molecule has 1 aliphatic carbocycles. The van der Waals surface area contributed by atoms with E-state index in [0.717, 1.165) is 30.3 Å². The number of nitrogens with one attached hydrogen (secondary N) is 1. The topological polar surface area (TPSA) is 50.9 Å². The molecule has 1 saturated carbocycles. The van der Waals surface area contributed by atoms with Crippen molar-refractivity contribution in [1.82, 2.24) is 10.3 Å². The van der Waals surface area contributed by atoms with Crippen molar-refractivity contribution in [1.29, 1.82) is 0 Å². The SMILES string of the molecule is Cc1nc(CNCC2(CN)CCCCC2)cs1. The van der Waals surface area contributed by atoms with Crippen LogP contribution in [-0.4, -0.2) is 18.1 Å². The summed E-state index contributed by atoms with van der Waals surface area (Å²) in [4.78, 5) is 4.47. The fraction of sp³-hybridized carbons (Fsp3) is 0.769. The molecule has 1 aromatic heterocycles. The fourth-order valence-electron chi connectivity index (χ4n) is 2.70. The lowest BCUT2D eigenvalue weighted by atomic mass is 9.74. The Hall–Kier alpha value is -0.450. The van der Waals surface area contributed by atoms with Gasteiger partial charge in [0.15, 0.2) is 0 Å². The fourth-order valence-corrected chi connectivity index (χ4v) is 3.31. The summed E-state index contributed by atoms with van der Waals surface area (Å²) in [5.41, 5.74) is 7.48. The van der Waals surface area contributed by atoms with Crippen molar-refractivity contribution in [3.63, 3.8) is 0 Å². The summed E-state index contributed by atoms with van der Waals surface area (Å²) in [6.07, 6.45) is 6.63. The molecule has 17 heavy (non-hydrogen) atoms. The van der Waals surface area contributed by atoms with Crippen LogP contribution in [0.25, 0.3) is 0 Å². The molecular formula is C13H23N3S. The second-order valence-electron chi connectivity index (χ2n) is 5.23. The average Bonchev–Trinajstić information content (AvgIpc) is 2.76. The first-order valence-electron chi connectivity index (χ1n) is 6.56. The number of nitrogens with zero attached hydrogens (tertiary/aromatic N) is 1. The second kappa shape index (κ2) is 5.94. The van der Waals surface area contributed by atoms with Gasteiger partial charge < -0.3 is 11.1 Å². The third kappa shape index (κ3) is 3.50. The van der Waals surface area contributed by atoms with Crippen molar-refractivity contribution in [2.24, 2.45) is 11.1 Å². The number of hydrogen-bond donors (Lipinski definition) is 2. The van der Waals surface area contributed by atoms with Crippen molar-refractivity contribution in [3.8, 4) is 0 Å². The van der Waals surface area contributed by atoms with Gasteiger partial charge in [0, 0.05) is 18.5 Å². The van der Waals surface area contributed by atoms with E-state index in [-0.39, 0.29) is 0 Å². The Kier molecular flexibility index (Phi) is 4.54. The highest BCUT2D eigenvalue weighted by Gasteiger charge is 2.29. The Bertz CT molecular complexity index is 342. The summed E-state index contributed by atoms with van der Waals surface area (Å²) in [5, 5.41) is 6.82. The van der Waals surface area contributed by atoms with E-state index in [1.165, 1.54) is 32.1 Å². The van der Waals surface area contributed by atoms with Crippen LogP contribution in [0.4, 0.5) is 0 Å². The minimum absolute atomic E-state index is 0.351. The molecule has 0 radical (unpaired) electrons. The Morgan fingerprint density at radius 2 is 2.18 bits per heavy atom. The van der Waals surface area contributed by atoms with Gasteiger partial charge in [-0.3, -0.25) is 0 Å². The van der Waals surface area contributed by atoms with Gasteiger partial charge in [-0.05, 0) is 31.7 Å². The molecule has 1 aliphatic rings. The van der Waals surface area contributed by atoms with Crippen LogP contribution in [0.15, 0.2) is 5.38 Å². The molecule has 1 aromatic rings. The van der Waals surface area contributed by atoms with Gasteiger partial charge >= 0.3 is 0 Å². The Balaban J connectivity index is 1.79. The van der Waals surface area contributed by atoms with E-state index in [1.54, 1.807) is 11.3 Å². The van der Waals surface area contributed by atoms with Gasteiger partial charge in [0.2, 0.25) is 0 Å². The maximum absolute atomic E-state index is 5.97. The Morgan fingerprint density at radius 3 is 2.76 bits per heavy atom. The van der Waals surface area contributed by atoms with Crippen molar-refractivity contribution in [2.75, 3.05) is 13.1 Å².